The van der Waals surface area contributed by atoms with Gasteiger partial charge in [0, 0.05) is 37.8 Å². The molecule has 0 aromatic heterocycles. The van der Waals surface area contributed by atoms with Gasteiger partial charge in [0.1, 0.15) is 0 Å². The number of rotatable bonds is 4. The van der Waals surface area contributed by atoms with Gasteiger partial charge in [-0.15, -0.1) is 0 Å². The molecule has 1 fully saturated rings. The molecule has 0 amide bonds. The SMILES string of the molecule is Cc1ccc(N(C)CC2CCOCC2)c(CBr)c1. The Labute approximate surface area is 118 Å². The molecule has 3 heteroatoms. The van der Waals surface area contributed by atoms with E-state index in [1.807, 2.05) is 0 Å². The van der Waals surface area contributed by atoms with Crippen LogP contribution < -0.4 is 4.90 Å². The van der Waals surface area contributed by atoms with Crippen LogP contribution in [0.1, 0.15) is 24.0 Å². The fourth-order valence-electron chi connectivity index (χ4n) is 2.61. The third-order valence-corrected chi connectivity index (χ3v) is 4.27. The largest absolute Gasteiger partial charge is 0.381 e. The summed E-state index contributed by atoms with van der Waals surface area (Å²) >= 11 is 3.59. The van der Waals surface area contributed by atoms with Gasteiger partial charge in [-0.05, 0) is 37.3 Å². The molecule has 1 aliphatic heterocycles. The van der Waals surface area contributed by atoms with E-state index in [4.69, 9.17) is 4.74 Å². The third-order valence-electron chi connectivity index (χ3n) is 3.66. The van der Waals surface area contributed by atoms with Gasteiger partial charge in [-0.1, -0.05) is 33.6 Å². The molecule has 100 valence electrons. The summed E-state index contributed by atoms with van der Waals surface area (Å²) in [5.74, 6) is 0.772. The zero-order valence-corrected chi connectivity index (χ0v) is 12.9. The molecule has 0 atom stereocenters. The Hall–Kier alpha value is -0.540. The van der Waals surface area contributed by atoms with Crippen LogP contribution in [0.25, 0.3) is 0 Å². The van der Waals surface area contributed by atoms with E-state index >= 15 is 0 Å². The number of ether oxygens (including phenoxy) is 1. The molecule has 0 unspecified atom stereocenters. The molecular weight excluding hydrogens is 290 g/mol. The lowest BCUT2D eigenvalue weighted by Gasteiger charge is -2.29. The van der Waals surface area contributed by atoms with Gasteiger partial charge in [-0.25, -0.2) is 0 Å². The van der Waals surface area contributed by atoms with Crippen LogP contribution in [0.2, 0.25) is 0 Å². The standard InChI is InChI=1S/C15H22BrNO/c1-12-3-4-15(14(9-12)10-16)17(2)11-13-5-7-18-8-6-13/h3-4,9,13H,5-8,10-11H2,1-2H3. The van der Waals surface area contributed by atoms with Crippen molar-refractivity contribution in [2.45, 2.75) is 25.1 Å². The summed E-state index contributed by atoms with van der Waals surface area (Å²) in [6.45, 7) is 5.14. The monoisotopic (exact) mass is 311 g/mol. The molecule has 1 aromatic carbocycles. The lowest BCUT2D eigenvalue weighted by atomic mass is 9.99. The van der Waals surface area contributed by atoms with E-state index in [0.717, 1.165) is 31.0 Å². The smallest absolute Gasteiger partial charge is 0.0469 e. The van der Waals surface area contributed by atoms with Crippen molar-refractivity contribution < 1.29 is 4.74 Å². The highest BCUT2D eigenvalue weighted by molar-refractivity contribution is 9.08. The molecule has 0 spiro atoms. The highest BCUT2D eigenvalue weighted by atomic mass is 79.9. The summed E-state index contributed by atoms with van der Waals surface area (Å²) in [6, 6.07) is 6.71. The Morgan fingerprint density at radius 1 is 1.33 bits per heavy atom. The molecule has 0 radical (unpaired) electrons. The summed E-state index contributed by atoms with van der Waals surface area (Å²) in [5, 5.41) is 0.919. The second-order valence-electron chi connectivity index (χ2n) is 5.20. The van der Waals surface area contributed by atoms with Crippen molar-refractivity contribution in [3.8, 4) is 0 Å². The number of hydrogen-bond acceptors (Lipinski definition) is 2. The number of anilines is 1. The fraction of sp³-hybridized carbons (Fsp3) is 0.600. The predicted octanol–water partition coefficient (Wildman–Crippen LogP) is 3.75. The molecule has 2 rings (SSSR count). The quantitative estimate of drug-likeness (QED) is 0.785. The first-order valence-corrected chi connectivity index (χ1v) is 7.77. The lowest BCUT2D eigenvalue weighted by Crippen LogP contribution is -2.30. The van der Waals surface area contributed by atoms with Crippen LogP contribution in [0.15, 0.2) is 18.2 Å². The van der Waals surface area contributed by atoms with Crippen molar-refractivity contribution in [1.82, 2.24) is 0 Å². The minimum absolute atomic E-state index is 0.772. The van der Waals surface area contributed by atoms with Crippen molar-refractivity contribution >= 4 is 21.6 Å². The van der Waals surface area contributed by atoms with Gasteiger partial charge in [-0.2, -0.15) is 0 Å². The molecule has 0 bridgehead atoms. The Balaban J connectivity index is 2.05. The Morgan fingerprint density at radius 3 is 2.72 bits per heavy atom. The van der Waals surface area contributed by atoms with Gasteiger partial charge >= 0.3 is 0 Å². The van der Waals surface area contributed by atoms with Crippen LogP contribution in [-0.4, -0.2) is 26.8 Å². The summed E-state index contributed by atoms with van der Waals surface area (Å²) in [6.07, 6.45) is 2.39. The van der Waals surface area contributed by atoms with Gasteiger partial charge in [0.15, 0.2) is 0 Å². The lowest BCUT2D eigenvalue weighted by molar-refractivity contribution is 0.0685. The van der Waals surface area contributed by atoms with E-state index in [0.29, 0.717) is 0 Å². The number of benzene rings is 1. The van der Waals surface area contributed by atoms with E-state index < -0.39 is 0 Å². The van der Waals surface area contributed by atoms with Crippen molar-refractivity contribution in [2.75, 3.05) is 31.7 Å². The molecule has 2 nitrogen and oxygen atoms in total. The van der Waals surface area contributed by atoms with Crippen LogP contribution in [0, 0.1) is 12.8 Å². The molecule has 0 N–H and O–H groups in total. The van der Waals surface area contributed by atoms with E-state index in [1.165, 1.54) is 29.7 Å². The van der Waals surface area contributed by atoms with Gasteiger partial charge < -0.3 is 9.64 Å². The highest BCUT2D eigenvalue weighted by Crippen LogP contribution is 2.25. The summed E-state index contributed by atoms with van der Waals surface area (Å²) in [7, 11) is 2.20. The van der Waals surface area contributed by atoms with Crippen molar-refractivity contribution in [3.05, 3.63) is 29.3 Å². The molecule has 1 heterocycles. The van der Waals surface area contributed by atoms with Crippen molar-refractivity contribution in [3.63, 3.8) is 0 Å². The number of nitrogens with zero attached hydrogens (tertiary/aromatic N) is 1. The van der Waals surface area contributed by atoms with E-state index in [9.17, 15) is 0 Å². The van der Waals surface area contributed by atoms with E-state index in [-0.39, 0.29) is 0 Å². The second-order valence-corrected chi connectivity index (χ2v) is 5.76. The molecule has 1 aliphatic rings. The Bertz CT molecular complexity index is 388. The maximum absolute atomic E-state index is 5.42. The van der Waals surface area contributed by atoms with Gasteiger partial charge in [0.05, 0.1) is 0 Å². The zero-order valence-electron chi connectivity index (χ0n) is 11.3. The summed E-state index contributed by atoms with van der Waals surface area (Å²) in [5.41, 5.74) is 4.06. The van der Waals surface area contributed by atoms with Crippen molar-refractivity contribution in [2.24, 2.45) is 5.92 Å². The minimum atomic E-state index is 0.772. The second kappa shape index (κ2) is 6.58. The van der Waals surface area contributed by atoms with E-state index in [2.05, 4.69) is 53.0 Å². The van der Waals surface area contributed by atoms with E-state index in [1.54, 1.807) is 0 Å². The van der Waals surface area contributed by atoms with Crippen LogP contribution in [-0.2, 0) is 10.1 Å². The Kier molecular flexibility index (Phi) is 5.07. The molecular formula is C15H22BrNO. The number of hydrogen-bond donors (Lipinski definition) is 0. The zero-order chi connectivity index (χ0) is 13.0. The third kappa shape index (κ3) is 3.48. The van der Waals surface area contributed by atoms with Gasteiger partial charge in [-0.3, -0.25) is 0 Å². The van der Waals surface area contributed by atoms with Crippen LogP contribution in [0.5, 0.6) is 0 Å². The molecule has 0 saturated carbocycles. The maximum atomic E-state index is 5.42. The van der Waals surface area contributed by atoms with Crippen LogP contribution >= 0.6 is 15.9 Å². The summed E-state index contributed by atoms with van der Waals surface area (Å²) < 4.78 is 5.42. The normalized spacial score (nSPS) is 16.8. The average Bonchev–Trinajstić information content (AvgIpc) is 2.39. The van der Waals surface area contributed by atoms with Gasteiger partial charge in [0.2, 0.25) is 0 Å². The minimum Gasteiger partial charge on any atom is -0.381 e. The number of aryl methyl sites for hydroxylation is 1. The maximum Gasteiger partial charge on any atom is 0.0469 e. The fourth-order valence-corrected chi connectivity index (χ4v) is 3.06. The average molecular weight is 312 g/mol. The summed E-state index contributed by atoms with van der Waals surface area (Å²) in [4.78, 5) is 2.39. The topological polar surface area (TPSA) is 12.5 Å². The highest BCUT2D eigenvalue weighted by Gasteiger charge is 2.17. The first-order valence-electron chi connectivity index (χ1n) is 6.65. The predicted molar refractivity (Wildman–Crippen MR) is 80.6 cm³/mol. The Morgan fingerprint density at radius 2 is 2.06 bits per heavy atom. The number of alkyl halides is 1. The molecule has 18 heavy (non-hydrogen) atoms. The van der Waals surface area contributed by atoms with Crippen molar-refractivity contribution in [1.29, 1.82) is 0 Å². The van der Waals surface area contributed by atoms with Gasteiger partial charge in [0.25, 0.3) is 0 Å². The first kappa shape index (κ1) is 13.9. The van der Waals surface area contributed by atoms with Crippen LogP contribution in [0.3, 0.4) is 0 Å². The van der Waals surface area contributed by atoms with Crippen LogP contribution in [0.4, 0.5) is 5.69 Å². The molecule has 0 aliphatic carbocycles. The first-order chi connectivity index (χ1) is 8.70. The molecule has 1 saturated heterocycles. The number of halogens is 1. The molecule has 1 aromatic rings.